The van der Waals surface area contributed by atoms with E-state index in [1.165, 1.54) is 0 Å². The molecule has 3 aromatic carbocycles. The number of nitrogens with zero attached hydrogens (tertiary/aromatic N) is 1. The highest BCUT2D eigenvalue weighted by Crippen LogP contribution is 2.26. The van der Waals surface area contributed by atoms with Crippen molar-refractivity contribution >= 4 is 38.2 Å². The lowest BCUT2D eigenvalue weighted by atomic mass is 10.0. The lowest BCUT2D eigenvalue weighted by Gasteiger charge is -2.11. The Morgan fingerprint density at radius 1 is 1.03 bits per heavy atom. The molecular weight excluding hydrogens is 499 g/mol. The number of halogens is 2. The molecule has 4 aromatic rings. The smallest absolute Gasteiger partial charge is 0.251 e. The molecule has 0 atom stereocenters. The van der Waals surface area contributed by atoms with E-state index in [0.717, 1.165) is 33.3 Å². The van der Waals surface area contributed by atoms with Crippen LogP contribution in [0.2, 0.25) is 5.02 Å². The van der Waals surface area contributed by atoms with Gasteiger partial charge >= 0.3 is 0 Å². The summed E-state index contributed by atoms with van der Waals surface area (Å²) in [6.07, 6.45) is 0.628. The number of alkyl halides is 1. The molecule has 0 saturated carbocycles. The molecule has 0 aliphatic rings. The average Bonchev–Trinajstić information content (AvgIpc) is 3.21. The summed E-state index contributed by atoms with van der Waals surface area (Å²) in [6, 6.07) is 19.7. The molecule has 0 aliphatic heterocycles. The number of carbonyl (C=O) groups excluding carboxylic acids is 1. The van der Waals surface area contributed by atoms with Gasteiger partial charge in [0.05, 0.1) is 17.2 Å². The van der Waals surface area contributed by atoms with Gasteiger partial charge in [-0.15, -0.1) is 0 Å². The minimum absolute atomic E-state index is 0.0413. The summed E-state index contributed by atoms with van der Waals surface area (Å²) < 4.78 is 39.3. The highest BCUT2D eigenvalue weighted by Gasteiger charge is 2.14. The number of sulfone groups is 1. The van der Waals surface area contributed by atoms with Gasteiger partial charge in [0.2, 0.25) is 0 Å². The van der Waals surface area contributed by atoms with Crippen LogP contribution in [0.1, 0.15) is 39.7 Å². The van der Waals surface area contributed by atoms with Gasteiger partial charge in [0.25, 0.3) is 5.91 Å². The molecule has 8 heteroatoms. The summed E-state index contributed by atoms with van der Waals surface area (Å²) in [7, 11) is -3.26. The second kappa shape index (κ2) is 10.8. The molecular formula is C28H28ClFN2O3S. The Bertz CT molecular complexity index is 1510. The van der Waals surface area contributed by atoms with E-state index in [0.29, 0.717) is 17.0 Å². The molecule has 1 heterocycles. The van der Waals surface area contributed by atoms with E-state index >= 15 is 0 Å². The third kappa shape index (κ3) is 5.63. The Morgan fingerprint density at radius 2 is 1.78 bits per heavy atom. The molecule has 0 aliphatic carbocycles. The fraction of sp³-hybridized carbons (Fsp3) is 0.250. The average molecular weight is 527 g/mol. The third-order valence-corrected chi connectivity index (χ3v) is 8.33. The van der Waals surface area contributed by atoms with Gasteiger partial charge < -0.3 is 9.88 Å². The number of hydrogen-bond acceptors (Lipinski definition) is 3. The maximum absolute atomic E-state index is 13.4. The summed E-state index contributed by atoms with van der Waals surface area (Å²) in [4.78, 5) is 13.1. The van der Waals surface area contributed by atoms with Crippen molar-refractivity contribution in [3.8, 4) is 0 Å². The van der Waals surface area contributed by atoms with Gasteiger partial charge in [-0.2, -0.15) is 0 Å². The summed E-state index contributed by atoms with van der Waals surface area (Å²) in [6.45, 7) is 3.63. The van der Waals surface area contributed by atoms with Crippen molar-refractivity contribution in [2.45, 2.75) is 38.3 Å². The second-order valence-electron chi connectivity index (χ2n) is 8.73. The molecule has 0 bridgehead atoms. The molecule has 0 fully saturated rings. The minimum atomic E-state index is -3.26. The summed E-state index contributed by atoms with van der Waals surface area (Å²) >= 11 is 6.09. The normalized spacial score (nSPS) is 11.7. The van der Waals surface area contributed by atoms with E-state index in [2.05, 4.69) is 5.32 Å². The molecule has 0 radical (unpaired) electrons. The van der Waals surface area contributed by atoms with Gasteiger partial charge in [-0.25, -0.2) is 12.8 Å². The first kappa shape index (κ1) is 25.9. The SMILES string of the molecule is CCS(=O)(=O)c1ccc(CNC(=O)c2ccc3c(c2)cc(Cc2ccc(Cl)cc2C)n3CCF)cc1. The molecule has 0 saturated heterocycles. The molecule has 4 rings (SSSR count). The van der Waals surface area contributed by atoms with Gasteiger partial charge in [0, 0.05) is 40.1 Å². The minimum Gasteiger partial charge on any atom is -0.348 e. The molecule has 188 valence electrons. The zero-order valence-electron chi connectivity index (χ0n) is 20.2. The van der Waals surface area contributed by atoms with E-state index in [-0.39, 0.29) is 29.6 Å². The lowest BCUT2D eigenvalue weighted by molar-refractivity contribution is 0.0951. The Kier molecular flexibility index (Phi) is 7.81. The maximum atomic E-state index is 13.4. The Balaban J connectivity index is 1.53. The van der Waals surface area contributed by atoms with E-state index < -0.39 is 16.5 Å². The summed E-state index contributed by atoms with van der Waals surface area (Å²) in [5.41, 5.74) is 5.32. The van der Waals surface area contributed by atoms with Crippen LogP contribution in [0.5, 0.6) is 0 Å². The topological polar surface area (TPSA) is 68.2 Å². The van der Waals surface area contributed by atoms with Crippen molar-refractivity contribution in [2.24, 2.45) is 0 Å². The van der Waals surface area contributed by atoms with Crippen LogP contribution >= 0.6 is 11.6 Å². The number of carbonyl (C=O) groups is 1. The Hall–Kier alpha value is -3.16. The van der Waals surface area contributed by atoms with Crippen molar-refractivity contribution in [2.75, 3.05) is 12.4 Å². The summed E-state index contributed by atoms with van der Waals surface area (Å²) in [5.74, 6) is -0.199. The van der Waals surface area contributed by atoms with Crippen LogP contribution in [0.3, 0.4) is 0 Å². The van der Waals surface area contributed by atoms with E-state index in [9.17, 15) is 17.6 Å². The van der Waals surface area contributed by atoms with Gasteiger partial charge in [-0.1, -0.05) is 36.7 Å². The number of aromatic nitrogens is 1. The van der Waals surface area contributed by atoms with Crippen molar-refractivity contribution < 1.29 is 17.6 Å². The highest BCUT2D eigenvalue weighted by molar-refractivity contribution is 7.91. The zero-order chi connectivity index (χ0) is 25.9. The zero-order valence-corrected chi connectivity index (χ0v) is 21.8. The molecule has 1 aromatic heterocycles. The Morgan fingerprint density at radius 3 is 2.44 bits per heavy atom. The van der Waals surface area contributed by atoms with E-state index in [1.807, 2.05) is 47.9 Å². The van der Waals surface area contributed by atoms with E-state index in [1.54, 1.807) is 37.3 Å². The number of fused-ring (bicyclic) bond motifs is 1. The monoisotopic (exact) mass is 526 g/mol. The maximum Gasteiger partial charge on any atom is 0.251 e. The predicted octanol–water partition coefficient (Wildman–Crippen LogP) is 5.89. The lowest BCUT2D eigenvalue weighted by Crippen LogP contribution is -2.22. The summed E-state index contributed by atoms with van der Waals surface area (Å²) in [5, 5.41) is 4.43. The number of amides is 1. The molecule has 1 amide bonds. The fourth-order valence-corrected chi connectivity index (χ4v) is 5.39. The molecule has 0 spiro atoms. The first-order valence-corrected chi connectivity index (χ1v) is 13.8. The predicted molar refractivity (Wildman–Crippen MR) is 142 cm³/mol. The van der Waals surface area contributed by atoms with Gasteiger partial charge in [0.15, 0.2) is 9.84 Å². The third-order valence-electron chi connectivity index (χ3n) is 6.35. The second-order valence-corrected chi connectivity index (χ2v) is 11.4. The number of hydrogen-bond donors (Lipinski definition) is 1. The number of aryl methyl sites for hydroxylation is 2. The Labute approximate surface area is 215 Å². The largest absolute Gasteiger partial charge is 0.348 e. The molecule has 0 unspecified atom stereocenters. The first-order valence-electron chi connectivity index (χ1n) is 11.7. The van der Waals surface area contributed by atoms with Crippen LogP contribution in [0.15, 0.2) is 71.6 Å². The van der Waals surface area contributed by atoms with Crippen molar-refractivity contribution in [3.05, 3.63) is 99.7 Å². The molecule has 36 heavy (non-hydrogen) atoms. The number of benzene rings is 3. The first-order chi connectivity index (χ1) is 17.2. The van der Waals surface area contributed by atoms with Crippen molar-refractivity contribution in [1.82, 2.24) is 9.88 Å². The van der Waals surface area contributed by atoms with Crippen molar-refractivity contribution in [3.63, 3.8) is 0 Å². The molecule has 5 nitrogen and oxygen atoms in total. The standard InChI is InChI=1S/C28H28ClFN2O3S/c1-3-36(34,35)26-9-4-20(5-10-26)18-31-28(33)22-7-11-27-23(15-22)17-25(32(27)13-12-30)16-21-6-8-24(29)14-19(21)2/h4-11,14-15,17H,3,12-13,16,18H2,1-2H3,(H,31,33). The van der Waals surface area contributed by atoms with Crippen LogP contribution in [-0.4, -0.2) is 31.3 Å². The van der Waals surface area contributed by atoms with Crippen LogP contribution < -0.4 is 5.32 Å². The number of nitrogens with one attached hydrogen (secondary N) is 1. The van der Waals surface area contributed by atoms with Crippen LogP contribution in [0.4, 0.5) is 4.39 Å². The quantitative estimate of drug-likeness (QED) is 0.296. The van der Waals surface area contributed by atoms with Crippen LogP contribution in [0, 0.1) is 6.92 Å². The number of rotatable bonds is 9. The fourth-order valence-electron chi connectivity index (χ4n) is 4.28. The molecule has 1 N–H and O–H groups in total. The van der Waals surface area contributed by atoms with Gasteiger partial charge in [-0.05, 0) is 72.1 Å². The van der Waals surface area contributed by atoms with Gasteiger partial charge in [0.1, 0.15) is 6.67 Å². The van der Waals surface area contributed by atoms with Gasteiger partial charge in [-0.3, -0.25) is 4.79 Å². The van der Waals surface area contributed by atoms with Crippen molar-refractivity contribution in [1.29, 1.82) is 0 Å². The van der Waals surface area contributed by atoms with Crippen LogP contribution in [0.25, 0.3) is 10.9 Å². The van der Waals surface area contributed by atoms with Crippen LogP contribution in [-0.2, 0) is 29.3 Å². The van der Waals surface area contributed by atoms with E-state index in [4.69, 9.17) is 11.6 Å². The highest BCUT2D eigenvalue weighted by atomic mass is 35.5.